The van der Waals surface area contributed by atoms with Crippen molar-refractivity contribution in [3.8, 4) is 0 Å². The van der Waals surface area contributed by atoms with Crippen LogP contribution in [0.4, 0.5) is 0 Å². The van der Waals surface area contributed by atoms with E-state index in [1.54, 1.807) is 13.1 Å². The zero-order valence-electron chi connectivity index (χ0n) is 7.37. The van der Waals surface area contributed by atoms with Gasteiger partial charge in [-0.1, -0.05) is 12.1 Å². The number of para-hydroxylation sites is 1. The second-order valence-electron chi connectivity index (χ2n) is 2.99. The van der Waals surface area contributed by atoms with Gasteiger partial charge < -0.3 is 0 Å². The molecule has 13 heavy (non-hydrogen) atoms. The van der Waals surface area contributed by atoms with Crippen molar-refractivity contribution in [2.45, 2.75) is 6.92 Å². The lowest BCUT2D eigenvalue weighted by atomic mass is 10.1. The number of hydrogen-bond donors (Lipinski definition) is 0. The van der Waals surface area contributed by atoms with E-state index in [1.807, 2.05) is 30.3 Å². The van der Waals surface area contributed by atoms with E-state index in [1.165, 1.54) is 0 Å². The quantitative estimate of drug-likeness (QED) is 0.604. The molecule has 0 spiro atoms. The van der Waals surface area contributed by atoms with Crippen LogP contribution in [0.2, 0.25) is 0 Å². The topological polar surface area (TPSA) is 31.2 Å². The number of nitrogens with one attached hydrogen (secondary N) is 1. The molecule has 0 aliphatic rings. The van der Waals surface area contributed by atoms with E-state index in [9.17, 15) is 4.79 Å². The molecule has 2 aromatic rings. The number of pyridine rings is 1. The SMILES string of the molecule is CC(=O)c1cc[nH+]c2ccccc12. The standard InChI is InChI=1S/C11H9NO/c1-8(13)9-6-7-12-11-5-3-2-4-10(9)11/h2-7H,1H3/p+1. The number of Topliss-reactive ketones (excluding diaryl/α,β-unsaturated/α-hetero) is 1. The molecule has 1 aromatic heterocycles. The van der Waals surface area contributed by atoms with Gasteiger partial charge in [0, 0.05) is 17.7 Å². The first kappa shape index (κ1) is 7.92. The van der Waals surface area contributed by atoms with E-state index in [0.29, 0.717) is 0 Å². The Bertz CT molecular complexity index is 457. The van der Waals surface area contributed by atoms with Crippen molar-refractivity contribution in [1.82, 2.24) is 0 Å². The van der Waals surface area contributed by atoms with Gasteiger partial charge in [0.2, 0.25) is 5.52 Å². The molecule has 64 valence electrons. The van der Waals surface area contributed by atoms with Crippen molar-refractivity contribution in [3.05, 3.63) is 42.1 Å². The molecule has 0 aliphatic carbocycles. The molecule has 0 fully saturated rings. The van der Waals surface area contributed by atoms with Crippen LogP contribution in [0.1, 0.15) is 17.3 Å². The first-order valence-electron chi connectivity index (χ1n) is 4.19. The molecule has 2 rings (SSSR count). The Kier molecular flexibility index (Phi) is 1.81. The minimum atomic E-state index is 0.102. The predicted molar refractivity (Wildman–Crippen MR) is 50.5 cm³/mol. The first-order valence-corrected chi connectivity index (χ1v) is 4.19. The summed E-state index contributed by atoms with van der Waals surface area (Å²) in [7, 11) is 0. The lowest BCUT2D eigenvalue weighted by Crippen LogP contribution is -2.05. The van der Waals surface area contributed by atoms with Crippen molar-refractivity contribution < 1.29 is 9.78 Å². The van der Waals surface area contributed by atoms with Crippen molar-refractivity contribution in [2.75, 3.05) is 0 Å². The van der Waals surface area contributed by atoms with E-state index < -0.39 is 0 Å². The first-order chi connectivity index (χ1) is 6.29. The van der Waals surface area contributed by atoms with Gasteiger partial charge in [0.15, 0.2) is 12.0 Å². The molecule has 0 amide bonds. The molecule has 0 atom stereocenters. The number of aromatic amines is 1. The zero-order valence-corrected chi connectivity index (χ0v) is 7.37. The van der Waals surface area contributed by atoms with E-state index in [0.717, 1.165) is 16.5 Å². The summed E-state index contributed by atoms with van der Waals surface area (Å²) < 4.78 is 0. The largest absolute Gasteiger partial charge is 0.294 e. The maximum Gasteiger partial charge on any atom is 0.211 e. The van der Waals surface area contributed by atoms with E-state index in [-0.39, 0.29) is 5.78 Å². The summed E-state index contributed by atoms with van der Waals surface area (Å²) in [4.78, 5) is 14.3. The normalized spacial score (nSPS) is 10.2. The van der Waals surface area contributed by atoms with E-state index >= 15 is 0 Å². The Hall–Kier alpha value is -1.70. The Labute approximate surface area is 76.2 Å². The highest BCUT2D eigenvalue weighted by atomic mass is 16.1. The third-order valence-electron chi connectivity index (χ3n) is 2.09. The molecule has 1 N–H and O–H groups in total. The van der Waals surface area contributed by atoms with Crippen LogP contribution < -0.4 is 4.98 Å². The Balaban J connectivity index is 2.83. The molecule has 0 unspecified atom stereocenters. The Morgan fingerprint density at radius 2 is 2.00 bits per heavy atom. The fraction of sp³-hybridized carbons (Fsp3) is 0.0909. The highest BCUT2D eigenvalue weighted by molar-refractivity contribution is 6.05. The van der Waals surface area contributed by atoms with Crippen LogP contribution in [0.15, 0.2) is 36.5 Å². The number of hydrogen-bond acceptors (Lipinski definition) is 1. The van der Waals surface area contributed by atoms with Crippen LogP contribution in [-0.2, 0) is 0 Å². The predicted octanol–water partition coefficient (Wildman–Crippen LogP) is 1.86. The van der Waals surface area contributed by atoms with Gasteiger partial charge >= 0.3 is 0 Å². The van der Waals surface area contributed by atoms with Crippen LogP contribution in [0, 0.1) is 0 Å². The van der Waals surface area contributed by atoms with Crippen LogP contribution in [0.3, 0.4) is 0 Å². The average Bonchev–Trinajstić information content (AvgIpc) is 2.17. The average molecular weight is 172 g/mol. The number of aromatic nitrogens is 1. The molecule has 1 heterocycles. The van der Waals surface area contributed by atoms with Gasteiger partial charge in [-0.3, -0.25) is 4.79 Å². The molecule has 0 saturated heterocycles. The van der Waals surface area contributed by atoms with Crippen molar-refractivity contribution in [1.29, 1.82) is 0 Å². The molecule has 2 heteroatoms. The maximum absolute atomic E-state index is 11.2. The summed E-state index contributed by atoms with van der Waals surface area (Å²) in [6.07, 6.45) is 1.79. The van der Waals surface area contributed by atoms with Gasteiger partial charge in [-0.15, -0.1) is 0 Å². The number of carbonyl (C=O) groups excluding carboxylic acids is 1. The zero-order chi connectivity index (χ0) is 9.26. The number of carbonyl (C=O) groups is 1. The molecule has 0 saturated carbocycles. The second kappa shape index (κ2) is 2.98. The Morgan fingerprint density at radius 1 is 1.23 bits per heavy atom. The minimum Gasteiger partial charge on any atom is -0.294 e. The molecule has 0 aliphatic heterocycles. The van der Waals surface area contributed by atoms with Crippen LogP contribution >= 0.6 is 0 Å². The number of ketones is 1. The van der Waals surface area contributed by atoms with Crippen molar-refractivity contribution in [3.63, 3.8) is 0 Å². The maximum atomic E-state index is 11.2. The number of rotatable bonds is 1. The molecular formula is C11H10NO+. The molecule has 1 aromatic carbocycles. The lowest BCUT2D eigenvalue weighted by Gasteiger charge is -1.96. The lowest BCUT2D eigenvalue weighted by molar-refractivity contribution is -0.344. The molecule has 0 radical (unpaired) electrons. The summed E-state index contributed by atoms with van der Waals surface area (Å²) in [6, 6.07) is 9.60. The fourth-order valence-corrected chi connectivity index (χ4v) is 1.46. The fourth-order valence-electron chi connectivity index (χ4n) is 1.46. The van der Waals surface area contributed by atoms with Gasteiger partial charge in [0.25, 0.3) is 0 Å². The third kappa shape index (κ3) is 1.31. The van der Waals surface area contributed by atoms with E-state index in [4.69, 9.17) is 0 Å². The molecule has 0 bridgehead atoms. The van der Waals surface area contributed by atoms with Crippen molar-refractivity contribution >= 4 is 16.7 Å². The highest BCUT2D eigenvalue weighted by Gasteiger charge is 2.07. The van der Waals surface area contributed by atoms with Gasteiger partial charge in [-0.25, -0.2) is 4.98 Å². The number of fused-ring (bicyclic) bond motifs is 1. The third-order valence-corrected chi connectivity index (χ3v) is 2.09. The van der Waals surface area contributed by atoms with Gasteiger partial charge in [0.05, 0.1) is 5.39 Å². The monoisotopic (exact) mass is 172 g/mol. The summed E-state index contributed by atoms with van der Waals surface area (Å²) in [5, 5.41) is 0.984. The molecular weight excluding hydrogens is 162 g/mol. The van der Waals surface area contributed by atoms with E-state index in [2.05, 4.69) is 4.98 Å². The van der Waals surface area contributed by atoms with Crippen molar-refractivity contribution in [2.24, 2.45) is 0 Å². The number of benzene rings is 1. The minimum absolute atomic E-state index is 0.102. The van der Waals surface area contributed by atoms with Crippen LogP contribution in [0.5, 0.6) is 0 Å². The summed E-state index contributed by atoms with van der Waals surface area (Å²) in [6.45, 7) is 1.59. The van der Waals surface area contributed by atoms with Gasteiger partial charge in [0.1, 0.15) is 0 Å². The van der Waals surface area contributed by atoms with Crippen LogP contribution in [-0.4, -0.2) is 5.78 Å². The smallest absolute Gasteiger partial charge is 0.211 e. The van der Waals surface area contributed by atoms with Crippen LogP contribution in [0.25, 0.3) is 10.9 Å². The number of H-pyrrole nitrogens is 1. The summed E-state index contributed by atoms with van der Waals surface area (Å²) >= 11 is 0. The molecule has 2 nitrogen and oxygen atoms in total. The van der Waals surface area contributed by atoms with Gasteiger partial charge in [-0.05, 0) is 13.0 Å². The second-order valence-corrected chi connectivity index (χ2v) is 2.99. The Morgan fingerprint density at radius 3 is 2.77 bits per heavy atom. The summed E-state index contributed by atoms with van der Waals surface area (Å²) in [5.41, 5.74) is 1.77. The van der Waals surface area contributed by atoms with Gasteiger partial charge in [-0.2, -0.15) is 0 Å². The highest BCUT2D eigenvalue weighted by Crippen LogP contribution is 2.13. The summed E-state index contributed by atoms with van der Waals surface area (Å²) in [5.74, 6) is 0.102.